The van der Waals surface area contributed by atoms with Gasteiger partial charge in [-0.25, -0.2) is 4.98 Å². The number of ether oxygens (including phenoxy) is 1. The summed E-state index contributed by atoms with van der Waals surface area (Å²) >= 11 is 0. The number of amides is 1. The van der Waals surface area contributed by atoms with Crippen molar-refractivity contribution in [2.75, 3.05) is 56.2 Å². The molecular weight excluding hydrogens is 452 g/mol. The number of nitrogens with two attached hydrogens (primary N) is 1. The van der Waals surface area contributed by atoms with E-state index in [0.29, 0.717) is 6.42 Å². The van der Waals surface area contributed by atoms with Crippen molar-refractivity contribution in [3.63, 3.8) is 0 Å². The van der Waals surface area contributed by atoms with Crippen molar-refractivity contribution >= 4 is 28.6 Å². The number of carbonyl (C=O) groups is 1. The Labute approximate surface area is 214 Å². The number of fused-ring (bicyclic) bond motifs is 1. The largest absolute Gasteiger partial charge is 0.379 e. The predicted octanol–water partition coefficient (Wildman–Crippen LogP) is 3.60. The molecule has 8 nitrogen and oxygen atoms in total. The molecule has 194 valence electrons. The van der Waals surface area contributed by atoms with Crippen molar-refractivity contribution in [2.24, 2.45) is 12.8 Å². The first-order chi connectivity index (χ1) is 17.4. The number of aryl methyl sites for hydroxylation is 3. The number of anilines is 2. The van der Waals surface area contributed by atoms with Crippen molar-refractivity contribution in [3.8, 4) is 0 Å². The summed E-state index contributed by atoms with van der Waals surface area (Å²) in [6.45, 7) is 11.5. The molecule has 3 N–H and O–H groups in total. The van der Waals surface area contributed by atoms with Gasteiger partial charge in [-0.1, -0.05) is 12.1 Å². The number of hydrogen-bond acceptors (Lipinski definition) is 6. The SMILES string of the molecule is Cc1cc(C)cc(N(CCCC(N)=O)Cc2ccc3nc(NCCCN4CCOCC4)n(C)c3c2)c1. The first kappa shape index (κ1) is 26.0. The van der Waals surface area contributed by atoms with E-state index < -0.39 is 0 Å². The van der Waals surface area contributed by atoms with E-state index in [4.69, 9.17) is 15.5 Å². The van der Waals surface area contributed by atoms with E-state index in [1.165, 1.54) is 22.4 Å². The zero-order valence-corrected chi connectivity index (χ0v) is 21.9. The van der Waals surface area contributed by atoms with E-state index in [2.05, 4.69) is 77.0 Å². The average molecular weight is 493 g/mol. The zero-order chi connectivity index (χ0) is 25.5. The van der Waals surface area contributed by atoms with Crippen LogP contribution in [0.25, 0.3) is 11.0 Å². The van der Waals surface area contributed by atoms with Crippen molar-refractivity contribution < 1.29 is 9.53 Å². The summed E-state index contributed by atoms with van der Waals surface area (Å²) < 4.78 is 7.57. The van der Waals surface area contributed by atoms with Crippen molar-refractivity contribution in [1.82, 2.24) is 14.5 Å². The molecule has 0 spiro atoms. The van der Waals surface area contributed by atoms with E-state index in [1.807, 2.05) is 0 Å². The third-order valence-corrected chi connectivity index (χ3v) is 6.78. The molecule has 4 rings (SSSR count). The van der Waals surface area contributed by atoms with Crippen LogP contribution in [0.3, 0.4) is 0 Å². The summed E-state index contributed by atoms with van der Waals surface area (Å²) in [5.41, 5.74) is 12.3. The first-order valence-electron chi connectivity index (χ1n) is 13.0. The van der Waals surface area contributed by atoms with Crippen LogP contribution in [-0.2, 0) is 23.1 Å². The topological polar surface area (TPSA) is 88.7 Å². The molecule has 3 aromatic rings. The maximum atomic E-state index is 11.3. The predicted molar refractivity (Wildman–Crippen MR) is 146 cm³/mol. The third-order valence-electron chi connectivity index (χ3n) is 6.78. The van der Waals surface area contributed by atoms with Gasteiger partial charge in [-0.2, -0.15) is 0 Å². The summed E-state index contributed by atoms with van der Waals surface area (Å²) in [7, 11) is 2.07. The fraction of sp³-hybridized carbons (Fsp3) is 0.500. The number of aromatic nitrogens is 2. The maximum absolute atomic E-state index is 11.3. The highest BCUT2D eigenvalue weighted by Gasteiger charge is 2.13. The summed E-state index contributed by atoms with van der Waals surface area (Å²) in [6, 6.07) is 13.1. The van der Waals surface area contributed by atoms with Gasteiger partial charge < -0.3 is 25.3 Å². The number of imidazole rings is 1. The molecule has 1 amide bonds. The monoisotopic (exact) mass is 492 g/mol. The van der Waals surface area contributed by atoms with Gasteiger partial charge in [0.15, 0.2) is 0 Å². The number of primary amides is 1. The molecule has 0 saturated carbocycles. The van der Waals surface area contributed by atoms with E-state index >= 15 is 0 Å². The highest BCUT2D eigenvalue weighted by molar-refractivity contribution is 5.79. The molecule has 1 fully saturated rings. The number of nitrogens with zero attached hydrogens (tertiary/aromatic N) is 4. The van der Waals surface area contributed by atoms with Crippen LogP contribution in [0.15, 0.2) is 36.4 Å². The minimum absolute atomic E-state index is 0.253. The van der Waals surface area contributed by atoms with Gasteiger partial charge in [0, 0.05) is 51.9 Å². The number of benzene rings is 2. The second kappa shape index (κ2) is 12.2. The molecule has 1 aliphatic heterocycles. The van der Waals surface area contributed by atoms with Gasteiger partial charge in [0.05, 0.1) is 24.2 Å². The van der Waals surface area contributed by atoms with Gasteiger partial charge in [-0.15, -0.1) is 0 Å². The van der Waals surface area contributed by atoms with Gasteiger partial charge in [0.25, 0.3) is 0 Å². The van der Waals surface area contributed by atoms with Crippen LogP contribution in [0, 0.1) is 13.8 Å². The minimum Gasteiger partial charge on any atom is -0.379 e. The highest BCUT2D eigenvalue weighted by atomic mass is 16.5. The molecule has 0 unspecified atom stereocenters. The molecule has 0 radical (unpaired) electrons. The summed E-state index contributed by atoms with van der Waals surface area (Å²) in [5.74, 6) is 0.647. The Morgan fingerprint density at radius 1 is 1.11 bits per heavy atom. The van der Waals surface area contributed by atoms with Crippen LogP contribution in [0.4, 0.5) is 11.6 Å². The van der Waals surface area contributed by atoms with Crippen LogP contribution < -0.4 is 16.0 Å². The van der Waals surface area contributed by atoms with Crippen LogP contribution in [-0.4, -0.2) is 66.3 Å². The molecular formula is C28H40N6O2. The van der Waals surface area contributed by atoms with Gasteiger partial charge in [-0.05, 0) is 74.2 Å². The fourth-order valence-electron chi connectivity index (χ4n) is 4.92. The van der Waals surface area contributed by atoms with Crippen LogP contribution in [0.1, 0.15) is 36.0 Å². The van der Waals surface area contributed by atoms with Crippen molar-refractivity contribution in [3.05, 3.63) is 53.1 Å². The van der Waals surface area contributed by atoms with Gasteiger partial charge in [-0.3, -0.25) is 9.69 Å². The Hall–Kier alpha value is -3.10. The number of hydrogen-bond donors (Lipinski definition) is 2. The van der Waals surface area contributed by atoms with E-state index in [-0.39, 0.29) is 5.91 Å². The van der Waals surface area contributed by atoms with E-state index in [0.717, 1.165) is 82.3 Å². The Morgan fingerprint density at radius 3 is 2.58 bits per heavy atom. The zero-order valence-electron chi connectivity index (χ0n) is 21.9. The smallest absolute Gasteiger partial charge is 0.217 e. The Balaban J connectivity index is 1.44. The average Bonchev–Trinajstić information content (AvgIpc) is 3.16. The third kappa shape index (κ3) is 6.98. The normalized spacial score (nSPS) is 14.3. The Kier molecular flexibility index (Phi) is 8.83. The van der Waals surface area contributed by atoms with Crippen LogP contribution in [0.2, 0.25) is 0 Å². The lowest BCUT2D eigenvalue weighted by Crippen LogP contribution is -2.37. The van der Waals surface area contributed by atoms with Crippen LogP contribution >= 0.6 is 0 Å². The second-order valence-corrected chi connectivity index (χ2v) is 9.89. The van der Waals surface area contributed by atoms with Crippen molar-refractivity contribution in [2.45, 2.75) is 39.7 Å². The lowest BCUT2D eigenvalue weighted by molar-refractivity contribution is -0.118. The highest BCUT2D eigenvalue weighted by Crippen LogP contribution is 2.24. The van der Waals surface area contributed by atoms with E-state index in [1.54, 1.807) is 0 Å². The first-order valence-corrected chi connectivity index (χ1v) is 13.0. The van der Waals surface area contributed by atoms with Gasteiger partial charge in [0.2, 0.25) is 11.9 Å². The molecule has 1 saturated heterocycles. The number of carbonyl (C=O) groups excluding carboxylic acids is 1. The molecule has 1 aliphatic rings. The molecule has 36 heavy (non-hydrogen) atoms. The second-order valence-electron chi connectivity index (χ2n) is 9.89. The van der Waals surface area contributed by atoms with Crippen LogP contribution in [0.5, 0.6) is 0 Å². The standard InChI is InChI=1S/C28H40N6O2/c1-21-16-22(2)18-24(17-21)34(11-4-6-27(29)35)20-23-7-8-25-26(19-23)32(3)28(31-25)30-9-5-10-33-12-14-36-15-13-33/h7-8,16-19H,4-6,9-15,20H2,1-3H3,(H2,29,35)(H,30,31). The summed E-state index contributed by atoms with van der Waals surface area (Å²) in [6.07, 6.45) is 2.20. The van der Waals surface area contributed by atoms with Gasteiger partial charge >= 0.3 is 0 Å². The molecule has 0 atom stereocenters. The molecule has 1 aromatic heterocycles. The lowest BCUT2D eigenvalue weighted by atomic mass is 10.1. The Morgan fingerprint density at radius 2 is 1.86 bits per heavy atom. The summed E-state index contributed by atoms with van der Waals surface area (Å²) in [4.78, 5) is 20.9. The molecule has 8 heteroatoms. The quantitative estimate of drug-likeness (QED) is 0.376. The maximum Gasteiger partial charge on any atom is 0.217 e. The van der Waals surface area contributed by atoms with Gasteiger partial charge in [0.1, 0.15) is 0 Å². The number of nitrogens with one attached hydrogen (secondary N) is 1. The molecule has 2 aromatic carbocycles. The lowest BCUT2D eigenvalue weighted by Gasteiger charge is -2.26. The van der Waals surface area contributed by atoms with Crippen molar-refractivity contribution in [1.29, 1.82) is 0 Å². The molecule has 0 aliphatic carbocycles. The summed E-state index contributed by atoms with van der Waals surface area (Å²) in [5, 5.41) is 3.52. The molecule has 2 heterocycles. The fourth-order valence-corrected chi connectivity index (χ4v) is 4.92. The minimum atomic E-state index is -0.253. The number of morpholine rings is 1. The number of rotatable bonds is 12. The molecule has 0 bridgehead atoms. The van der Waals surface area contributed by atoms with E-state index in [9.17, 15) is 4.79 Å². The Bertz CT molecular complexity index is 1150.